The van der Waals surface area contributed by atoms with E-state index in [1.54, 1.807) is 0 Å². The Kier molecular flexibility index (Phi) is 5.44. The third-order valence-corrected chi connectivity index (χ3v) is 3.75. The third kappa shape index (κ3) is 2.53. The van der Waals surface area contributed by atoms with Gasteiger partial charge in [-0.25, -0.2) is 0 Å². The van der Waals surface area contributed by atoms with Gasteiger partial charge in [-0.3, -0.25) is 9.59 Å². The van der Waals surface area contributed by atoms with E-state index in [-0.39, 0.29) is 6.61 Å². The molecule has 5 atom stereocenters. The minimum Gasteiger partial charge on any atom is -0.378 e. The van der Waals surface area contributed by atoms with Crippen LogP contribution in [0.5, 0.6) is 0 Å². The second-order valence-corrected chi connectivity index (χ2v) is 5.09. The van der Waals surface area contributed by atoms with Gasteiger partial charge in [0.05, 0.1) is 12.7 Å². The molecular weight excluding hydrogens is 294 g/mol. The minimum absolute atomic E-state index is 0.0901. The molecule has 0 spiro atoms. The van der Waals surface area contributed by atoms with E-state index in [0.29, 0.717) is 0 Å². The highest BCUT2D eigenvalue weighted by molar-refractivity contribution is 5.98. The Morgan fingerprint density at radius 2 is 1.95 bits per heavy atom. The normalized spacial score (nSPS) is 38.0. The highest BCUT2D eigenvalue weighted by atomic mass is 16.7. The molecular formula is C13H19N3O6. The van der Waals surface area contributed by atoms with Crippen molar-refractivity contribution >= 4 is 11.6 Å². The van der Waals surface area contributed by atoms with Crippen molar-refractivity contribution in [2.24, 2.45) is 5.11 Å². The van der Waals surface area contributed by atoms with E-state index in [0.717, 1.165) is 13.8 Å². The number of Topliss-reactive ketones (excluding diaryl/α,β-unsaturated/α-hetero) is 2. The van der Waals surface area contributed by atoms with Crippen LogP contribution < -0.4 is 0 Å². The molecule has 22 heavy (non-hydrogen) atoms. The van der Waals surface area contributed by atoms with Gasteiger partial charge in [0.2, 0.25) is 5.60 Å². The van der Waals surface area contributed by atoms with Crippen LogP contribution in [0.4, 0.5) is 0 Å². The number of ether oxygens (including phenoxy) is 2. The van der Waals surface area contributed by atoms with Crippen molar-refractivity contribution in [2.75, 3.05) is 6.61 Å². The SMILES string of the molecule is C=CCO[C@H]1O[C@H](C)[C@@H](N=[N+]=[N-])[C@@](O)(C(C)=O)[C@@]1(O)C(C)=O. The van der Waals surface area contributed by atoms with Crippen molar-refractivity contribution in [1.29, 1.82) is 0 Å². The van der Waals surface area contributed by atoms with Crippen molar-refractivity contribution in [1.82, 2.24) is 0 Å². The molecule has 0 aromatic heterocycles. The van der Waals surface area contributed by atoms with Crippen molar-refractivity contribution in [3.8, 4) is 0 Å². The van der Waals surface area contributed by atoms with Gasteiger partial charge in [0, 0.05) is 4.91 Å². The number of ketones is 2. The van der Waals surface area contributed by atoms with Crippen LogP contribution in [0, 0.1) is 0 Å². The zero-order chi connectivity index (χ0) is 17.1. The summed E-state index contributed by atoms with van der Waals surface area (Å²) in [4.78, 5) is 26.6. The van der Waals surface area contributed by atoms with Crippen LogP contribution in [-0.2, 0) is 19.1 Å². The zero-order valence-electron chi connectivity index (χ0n) is 12.6. The van der Waals surface area contributed by atoms with Crippen LogP contribution in [-0.4, -0.2) is 58.0 Å². The highest BCUT2D eigenvalue weighted by Crippen LogP contribution is 2.41. The topological polar surface area (TPSA) is 142 Å². The Morgan fingerprint density at radius 1 is 1.41 bits per heavy atom. The average Bonchev–Trinajstić information content (AvgIpc) is 2.45. The fraction of sp³-hybridized carbons (Fsp3) is 0.692. The predicted molar refractivity (Wildman–Crippen MR) is 74.7 cm³/mol. The van der Waals surface area contributed by atoms with Crippen molar-refractivity contribution in [3.63, 3.8) is 0 Å². The van der Waals surface area contributed by atoms with Gasteiger partial charge in [0.1, 0.15) is 6.04 Å². The first-order valence-corrected chi connectivity index (χ1v) is 6.56. The highest BCUT2D eigenvalue weighted by Gasteiger charge is 2.69. The van der Waals surface area contributed by atoms with Crippen LogP contribution in [0.3, 0.4) is 0 Å². The number of rotatable bonds is 6. The second kappa shape index (κ2) is 6.55. The fourth-order valence-corrected chi connectivity index (χ4v) is 2.57. The molecule has 122 valence electrons. The average molecular weight is 313 g/mol. The summed E-state index contributed by atoms with van der Waals surface area (Å²) < 4.78 is 10.6. The van der Waals surface area contributed by atoms with Crippen molar-refractivity contribution in [2.45, 2.75) is 50.4 Å². The molecule has 1 aliphatic heterocycles. The molecule has 1 aliphatic rings. The van der Waals surface area contributed by atoms with Crippen LogP contribution >= 0.6 is 0 Å². The quantitative estimate of drug-likeness (QED) is 0.311. The van der Waals surface area contributed by atoms with Crippen molar-refractivity contribution in [3.05, 3.63) is 23.1 Å². The maximum atomic E-state index is 12.0. The fourth-order valence-electron chi connectivity index (χ4n) is 2.57. The molecule has 1 fully saturated rings. The van der Waals surface area contributed by atoms with Gasteiger partial charge in [-0.2, -0.15) is 0 Å². The summed E-state index contributed by atoms with van der Waals surface area (Å²) in [6, 6.07) is -1.49. The van der Waals surface area contributed by atoms with E-state index in [4.69, 9.17) is 15.0 Å². The van der Waals surface area contributed by atoms with E-state index < -0.39 is 41.2 Å². The van der Waals surface area contributed by atoms with Gasteiger partial charge in [-0.15, -0.1) is 6.58 Å². The smallest absolute Gasteiger partial charge is 0.210 e. The first-order valence-electron chi connectivity index (χ1n) is 6.56. The van der Waals surface area contributed by atoms with E-state index in [9.17, 15) is 19.8 Å². The monoisotopic (exact) mass is 313 g/mol. The Balaban J connectivity index is 3.53. The van der Waals surface area contributed by atoms with Gasteiger partial charge < -0.3 is 19.7 Å². The summed E-state index contributed by atoms with van der Waals surface area (Å²) in [5.41, 5.74) is 3.25. The van der Waals surface area contributed by atoms with Gasteiger partial charge in [0.15, 0.2) is 23.5 Å². The molecule has 9 heteroatoms. The van der Waals surface area contributed by atoms with E-state index in [2.05, 4.69) is 16.6 Å². The van der Waals surface area contributed by atoms with E-state index >= 15 is 0 Å². The minimum atomic E-state index is -2.72. The zero-order valence-corrected chi connectivity index (χ0v) is 12.6. The maximum Gasteiger partial charge on any atom is 0.210 e. The summed E-state index contributed by atoms with van der Waals surface area (Å²) in [5, 5.41) is 24.9. The van der Waals surface area contributed by atoms with Crippen LogP contribution in [0.1, 0.15) is 20.8 Å². The summed E-state index contributed by atoms with van der Waals surface area (Å²) in [7, 11) is 0. The Labute approximate surface area is 127 Å². The Hall–Kier alpha value is -1.77. The lowest BCUT2D eigenvalue weighted by Crippen LogP contribution is -2.78. The van der Waals surface area contributed by atoms with Crippen LogP contribution in [0.2, 0.25) is 0 Å². The van der Waals surface area contributed by atoms with E-state index in [1.165, 1.54) is 13.0 Å². The molecule has 1 heterocycles. The Morgan fingerprint density at radius 3 is 2.36 bits per heavy atom. The van der Waals surface area contributed by atoms with Gasteiger partial charge >= 0.3 is 0 Å². The summed E-state index contributed by atoms with van der Waals surface area (Å²) >= 11 is 0. The first kappa shape index (κ1) is 18.3. The lowest BCUT2D eigenvalue weighted by Gasteiger charge is -2.52. The number of carbonyl (C=O) groups is 2. The summed E-state index contributed by atoms with van der Waals surface area (Å²) in [6.45, 7) is 6.73. The molecule has 0 unspecified atom stereocenters. The molecule has 0 amide bonds. The summed E-state index contributed by atoms with van der Waals surface area (Å²) in [5.74, 6) is -1.89. The number of nitrogens with zero attached hydrogens (tertiary/aromatic N) is 3. The molecule has 0 aromatic rings. The van der Waals surface area contributed by atoms with E-state index in [1.807, 2.05) is 0 Å². The molecule has 9 nitrogen and oxygen atoms in total. The molecule has 0 bridgehead atoms. The van der Waals surface area contributed by atoms with Gasteiger partial charge in [0.25, 0.3) is 0 Å². The van der Waals surface area contributed by atoms with Gasteiger partial charge in [-0.05, 0) is 26.3 Å². The van der Waals surface area contributed by atoms with Gasteiger partial charge in [-0.1, -0.05) is 11.2 Å². The number of hydrogen-bond acceptors (Lipinski definition) is 7. The van der Waals surface area contributed by atoms with Crippen molar-refractivity contribution < 1.29 is 29.3 Å². The first-order chi connectivity index (χ1) is 10.2. The molecule has 0 radical (unpaired) electrons. The van der Waals surface area contributed by atoms with Crippen LogP contribution in [0.25, 0.3) is 10.4 Å². The Bertz CT molecular complexity index is 532. The lowest BCUT2D eigenvalue weighted by molar-refractivity contribution is -0.320. The number of azide groups is 1. The lowest BCUT2D eigenvalue weighted by atomic mass is 9.69. The molecule has 2 N–H and O–H groups in total. The molecule has 0 aliphatic carbocycles. The largest absolute Gasteiger partial charge is 0.378 e. The van der Waals surface area contributed by atoms with Crippen LogP contribution in [0.15, 0.2) is 17.8 Å². The number of hydrogen-bond donors (Lipinski definition) is 2. The number of carbonyl (C=O) groups excluding carboxylic acids is 2. The molecule has 1 rings (SSSR count). The molecule has 1 saturated heterocycles. The number of aliphatic hydroxyl groups is 2. The predicted octanol–water partition coefficient (Wildman–Crippen LogP) is 0.253. The molecule has 0 aromatic carbocycles. The second-order valence-electron chi connectivity index (χ2n) is 5.09. The summed E-state index contributed by atoms with van der Waals surface area (Å²) in [6.07, 6.45) is -1.24. The molecule has 0 saturated carbocycles. The third-order valence-electron chi connectivity index (χ3n) is 3.75. The maximum absolute atomic E-state index is 12.0. The standard InChI is InChI=1S/C13H19N3O6/c1-5-6-21-11-13(20,9(4)18)12(19,8(3)17)10(15-16-14)7(2)22-11/h5,7,10-11,19-20H,1,6H2,2-4H3/t7-,10-,11+,12+,13-/m1/s1.